The van der Waals surface area contributed by atoms with E-state index in [1.165, 1.54) is 11.8 Å². The molecule has 0 N–H and O–H groups in total. The number of hydrogen-bond donors (Lipinski definition) is 0. The third-order valence-electron chi connectivity index (χ3n) is 3.39. The lowest BCUT2D eigenvalue weighted by Crippen LogP contribution is -2.29. The molecular weight excluding hydrogens is 332 g/mol. The van der Waals surface area contributed by atoms with Crippen LogP contribution in [0.3, 0.4) is 0 Å². The number of ether oxygens (including phenoxy) is 1. The molecule has 3 rings (SSSR count). The number of aliphatic imine (C=N–C) groups is 1. The van der Waals surface area contributed by atoms with E-state index < -0.39 is 0 Å². The van der Waals surface area contributed by atoms with Crippen molar-refractivity contribution in [1.82, 2.24) is 0 Å². The first-order chi connectivity index (χ1) is 11.2. The summed E-state index contributed by atoms with van der Waals surface area (Å²) >= 11 is 7.58. The van der Waals surface area contributed by atoms with Crippen LogP contribution in [0.4, 0.5) is 5.69 Å². The maximum absolute atomic E-state index is 12.1. The van der Waals surface area contributed by atoms with E-state index in [1.54, 1.807) is 12.0 Å². The smallest absolute Gasteiger partial charge is 0.243 e. The number of nitrogens with zero attached hydrogens (tertiary/aromatic N) is 2. The van der Waals surface area contributed by atoms with Gasteiger partial charge in [0, 0.05) is 0 Å². The van der Waals surface area contributed by atoms with Crippen LogP contribution in [0.15, 0.2) is 53.5 Å². The van der Waals surface area contributed by atoms with Crippen molar-refractivity contribution in [3.05, 3.63) is 59.1 Å². The predicted molar refractivity (Wildman–Crippen MR) is 95.5 cm³/mol. The van der Waals surface area contributed by atoms with Gasteiger partial charge in [0.15, 0.2) is 5.17 Å². The standard InChI is InChI=1S/C17H15ClN2O2S/c1-22-15-8-7-12(9-14(15)18)10-19-17-20(16(21)11-23-17)13-5-3-2-4-6-13/h2-9H,10-11H2,1H3. The first-order valence-electron chi connectivity index (χ1n) is 7.06. The zero-order chi connectivity index (χ0) is 16.2. The van der Waals surface area contributed by atoms with E-state index >= 15 is 0 Å². The van der Waals surface area contributed by atoms with E-state index in [0.717, 1.165) is 11.3 Å². The van der Waals surface area contributed by atoms with E-state index in [2.05, 4.69) is 4.99 Å². The molecule has 2 aromatic rings. The molecule has 1 aliphatic rings. The lowest BCUT2D eigenvalue weighted by atomic mass is 10.2. The van der Waals surface area contributed by atoms with Crippen molar-refractivity contribution in [1.29, 1.82) is 0 Å². The second-order valence-electron chi connectivity index (χ2n) is 4.92. The van der Waals surface area contributed by atoms with E-state index in [1.807, 2.05) is 48.5 Å². The summed E-state index contributed by atoms with van der Waals surface area (Å²) in [5.74, 6) is 1.10. The van der Waals surface area contributed by atoms with Crippen molar-refractivity contribution in [2.24, 2.45) is 4.99 Å². The molecule has 0 aliphatic carbocycles. The van der Waals surface area contributed by atoms with Crippen LogP contribution in [0, 0.1) is 0 Å². The Bertz CT molecular complexity index is 750. The first kappa shape index (κ1) is 15.9. The molecule has 1 aliphatic heterocycles. The minimum absolute atomic E-state index is 0.0488. The van der Waals surface area contributed by atoms with Gasteiger partial charge in [-0.15, -0.1) is 0 Å². The number of hydrogen-bond acceptors (Lipinski definition) is 4. The Morgan fingerprint density at radius 3 is 2.74 bits per heavy atom. The molecule has 2 aromatic carbocycles. The molecule has 0 aromatic heterocycles. The van der Waals surface area contributed by atoms with Crippen molar-refractivity contribution in [2.75, 3.05) is 17.8 Å². The number of amides is 1. The molecular formula is C17H15ClN2O2S. The summed E-state index contributed by atoms with van der Waals surface area (Å²) in [5.41, 5.74) is 1.81. The Hall–Kier alpha value is -1.98. The number of amidine groups is 1. The molecule has 0 radical (unpaired) electrons. The van der Waals surface area contributed by atoms with Crippen molar-refractivity contribution in [3.63, 3.8) is 0 Å². The van der Waals surface area contributed by atoms with Crippen molar-refractivity contribution in [3.8, 4) is 5.75 Å². The molecule has 0 saturated carbocycles. The Labute approximate surface area is 144 Å². The quantitative estimate of drug-likeness (QED) is 0.840. The largest absolute Gasteiger partial charge is 0.495 e. The fourth-order valence-electron chi connectivity index (χ4n) is 2.28. The highest BCUT2D eigenvalue weighted by Gasteiger charge is 2.29. The van der Waals surface area contributed by atoms with Gasteiger partial charge in [-0.25, -0.2) is 0 Å². The highest BCUT2D eigenvalue weighted by molar-refractivity contribution is 8.15. The molecule has 4 nitrogen and oxygen atoms in total. The summed E-state index contributed by atoms with van der Waals surface area (Å²) in [6.07, 6.45) is 0. The third kappa shape index (κ3) is 3.51. The second-order valence-corrected chi connectivity index (χ2v) is 6.27. The van der Waals surface area contributed by atoms with Crippen LogP contribution in [0.2, 0.25) is 5.02 Å². The number of anilines is 1. The van der Waals surface area contributed by atoms with Gasteiger partial charge < -0.3 is 4.74 Å². The van der Waals surface area contributed by atoms with Gasteiger partial charge in [0.05, 0.1) is 30.1 Å². The number of carbonyl (C=O) groups excluding carboxylic acids is 1. The minimum atomic E-state index is 0.0488. The maximum Gasteiger partial charge on any atom is 0.243 e. The van der Waals surface area contributed by atoms with Gasteiger partial charge in [0.25, 0.3) is 0 Å². The number of thioether (sulfide) groups is 1. The Morgan fingerprint density at radius 2 is 2.04 bits per heavy atom. The maximum atomic E-state index is 12.1. The van der Waals surface area contributed by atoms with E-state index in [4.69, 9.17) is 16.3 Å². The summed E-state index contributed by atoms with van der Waals surface area (Å²) < 4.78 is 5.14. The van der Waals surface area contributed by atoms with Crippen LogP contribution in [0.5, 0.6) is 5.75 Å². The van der Waals surface area contributed by atoms with Crippen molar-refractivity contribution in [2.45, 2.75) is 6.54 Å². The number of halogens is 1. The van der Waals surface area contributed by atoms with E-state index in [9.17, 15) is 4.79 Å². The highest BCUT2D eigenvalue weighted by atomic mass is 35.5. The minimum Gasteiger partial charge on any atom is -0.495 e. The lowest BCUT2D eigenvalue weighted by molar-refractivity contribution is -0.115. The van der Waals surface area contributed by atoms with Crippen LogP contribution in [0.1, 0.15) is 5.56 Å². The molecule has 0 unspecified atom stereocenters. The molecule has 6 heteroatoms. The molecule has 23 heavy (non-hydrogen) atoms. The Kier molecular flexibility index (Phi) is 4.88. The van der Waals surface area contributed by atoms with E-state index in [0.29, 0.717) is 28.2 Å². The Morgan fingerprint density at radius 1 is 1.26 bits per heavy atom. The number of methoxy groups -OCH3 is 1. The Balaban J connectivity index is 1.81. The number of benzene rings is 2. The number of para-hydroxylation sites is 1. The average Bonchev–Trinajstić information content (AvgIpc) is 2.94. The molecule has 1 heterocycles. The molecule has 118 valence electrons. The third-order valence-corrected chi connectivity index (χ3v) is 4.65. The van der Waals surface area contributed by atoms with Crippen molar-refractivity contribution < 1.29 is 9.53 Å². The molecule has 1 amide bonds. The topological polar surface area (TPSA) is 41.9 Å². The van der Waals surface area contributed by atoms with Crippen LogP contribution >= 0.6 is 23.4 Å². The molecule has 0 bridgehead atoms. The van der Waals surface area contributed by atoms with Crippen molar-refractivity contribution >= 4 is 40.1 Å². The van der Waals surface area contributed by atoms with Gasteiger partial charge in [0.2, 0.25) is 5.91 Å². The van der Waals surface area contributed by atoms with Crippen LogP contribution in [-0.4, -0.2) is 23.9 Å². The molecule has 1 fully saturated rings. The fourth-order valence-corrected chi connectivity index (χ4v) is 3.43. The summed E-state index contributed by atoms with van der Waals surface area (Å²) in [4.78, 5) is 18.4. The van der Waals surface area contributed by atoms with E-state index in [-0.39, 0.29) is 5.91 Å². The van der Waals surface area contributed by atoms with Gasteiger partial charge in [-0.3, -0.25) is 14.7 Å². The predicted octanol–water partition coefficient (Wildman–Crippen LogP) is 3.98. The summed E-state index contributed by atoms with van der Waals surface area (Å²) in [6.45, 7) is 0.461. The normalized spacial score (nSPS) is 16.2. The molecule has 0 atom stereocenters. The van der Waals surface area contributed by atoms with Gasteiger partial charge in [-0.2, -0.15) is 0 Å². The number of rotatable bonds is 4. The highest BCUT2D eigenvalue weighted by Crippen LogP contribution is 2.28. The fraction of sp³-hybridized carbons (Fsp3) is 0.176. The zero-order valence-electron chi connectivity index (χ0n) is 12.5. The monoisotopic (exact) mass is 346 g/mol. The SMILES string of the molecule is COc1ccc(CN=C2SCC(=O)N2c2ccccc2)cc1Cl. The molecule has 0 spiro atoms. The zero-order valence-corrected chi connectivity index (χ0v) is 14.1. The summed E-state index contributed by atoms with van der Waals surface area (Å²) in [7, 11) is 1.58. The lowest BCUT2D eigenvalue weighted by Gasteiger charge is -2.16. The first-order valence-corrected chi connectivity index (χ1v) is 8.43. The summed E-state index contributed by atoms with van der Waals surface area (Å²) in [6, 6.07) is 15.1. The van der Waals surface area contributed by atoms with Crippen LogP contribution in [0.25, 0.3) is 0 Å². The van der Waals surface area contributed by atoms with Gasteiger partial charge >= 0.3 is 0 Å². The summed E-state index contributed by atoms with van der Waals surface area (Å²) in [5, 5.41) is 1.27. The average molecular weight is 347 g/mol. The van der Waals surface area contributed by atoms with Gasteiger partial charge in [0.1, 0.15) is 5.75 Å². The van der Waals surface area contributed by atoms with Crippen LogP contribution < -0.4 is 9.64 Å². The number of carbonyl (C=O) groups is 1. The second kappa shape index (κ2) is 7.06. The van der Waals surface area contributed by atoms with Gasteiger partial charge in [-0.05, 0) is 29.8 Å². The van der Waals surface area contributed by atoms with Gasteiger partial charge in [-0.1, -0.05) is 47.6 Å². The van der Waals surface area contributed by atoms with Crippen LogP contribution in [-0.2, 0) is 11.3 Å². The molecule has 1 saturated heterocycles.